The normalized spacial score (nSPS) is 20.2. The predicted octanol–water partition coefficient (Wildman–Crippen LogP) is 3.43. The van der Waals surface area contributed by atoms with Gasteiger partial charge >= 0.3 is 0 Å². The van der Waals surface area contributed by atoms with Crippen LogP contribution in [0.3, 0.4) is 0 Å². The first-order valence-corrected chi connectivity index (χ1v) is 10.6. The zero-order valence-electron chi connectivity index (χ0n) is 17.9. The Kier molecular flexibility index (Phi) is 5.19. The number of carbonyl (C=O) groups excluding carboxylic acids is 2. The summed E-state index contributed by atoms with van der Waals surface area (Å²) >= 11 is 0. The second kappa shape index (κ2) is 8.16. The van der Waals surface area contributed by atoms with Crippen molar-refractivity contribution in [3.8, 4) is 5.75 Å². The number of carbonyl (C=O) groups is 2. The number of Topliss-reactive ketones (excluding diaryl/α,β-unsaturated/α-hetero) is 2. The second-order valence-electron chi connectivity index (χ2n) is 8.13. The van der Waals surface area contributed by atoms with Crippen molar-refractivity contribution in [3.05, 3.63) is 88.3 Å². The third kappa shape index (κ3) is 3.54. The van der Waals surface area contributed by atoms with Crippen molar-refractivity contribution < 1.29 is 19.1 Å². The van der Waals surface area contributed by atoms with E-state index in [0.29, 0.717) is 47.4 Å². The van der Waals surface area contributed by atoms with Gasteiger partial charge in [0, 0.05) is 35.7 Å². The van der Waals surface area contributed by atoms with E-state index in [4.69, 9.17) is 9.47 Å². The number of rotatable bonds is 5. The molecule has 2 heterocycles. The maximum absolute atomic E-state index is 13.3. The summed E-state index contributed by atoms with van der Waals surface area (Å²) in [6, 6.07) is 15.2. The molecule has 32 heavy (non-hydrogen) atoms. The molecular formula is C25H23N3O4. The van der Waals surface area contributed by atoms with E-state index in [9.17, 15) is 9.59 Å². The van der Waals surface area contributed by atoms with Crippen molar-refractivity contribution in [1.82, 2.24) is 15.0 Å². The second-order valence-corrected chi connectivity index (χ2v) is 8.13. The summed E-state index contributed by atoms with van der Waals surface area (Å²) in [6.45, 7) is 2.27. The van der Waals surface area contributed by atoms with Gasteiger partial charge in [0.2, 0.25) is 0 Å². The van der Waals surface area contributed by atoms with Gasteiger partial charge in [-0.05, 0) is 18.6 Å². The summed E-state index contributed by atoms with van der Waals surface area (Å²) in [7, 11) is 1.50. The fourth-order valence-electron chi connectivity index (χ4n) is 4.58. The lowest BCUT2D eigenvalue weighted by Crippen LogP contribution is -2.39. The lowest BCUT2D eigenvalue weighted by Gasteiger charge is -2.34. The van der Waals surface area contributed by atoms with Crippen LogP contribution in [0.25, 0.3) is 0 Å². The SMILES string of the molecule is COc1cccc2c1C(=O)C1=C(C[C@H](Cn3cc(Cc4ccccc4)nn3)O[C@@H]1C)C2=O. The molecule has 3 aromatic rings. The van der Waals surface area contributed by atoms with Gasteiger partial charge in [-0.15, -0.1) is 5.10 Å². The Morgan fingerprint density at radius 2 is 1.91 bits per heavy atom. The van der Waals surface area contributed by atoms with Gasteiger partial charge < -0.3 is 9.47 Å². The highest BCUT2D eigenvalue weighted by molar-refractivity contribution is 6.28. The highest BCUT2D eigenvalue weighted by atomic mass is 16.5. The molecule has 1 aliphatic carbocycles. The first-order valence-electron chi connectivity index (χ1n) is 10.6. The third-order valence-corrected chi connectivity index (χ3v) is 6.00. The van der Waals surface area contributed by atoms with E-state index in [1.807, 2.05) is 31.3 Å². The van der Waals surface area contributed by atoms with Gasteiger partial charge in [-0.25, -0.2) is 4.68 Å². The lowest BCUT2D eigenvalue weighted by atomic mass is 9.78. The zero-order valence-corrected chi connectivity index (χ0v) is 17.9. The van der Waals surface area contributed by atoms with Crippen LogP contribution in [0.15, 0.2) is 65.9 Å². The summed E-state index contributed by atoms with van der Waals surface area (Å²) < 4.78 is 13.2. The van der Waals surface area contributed by atoms with Crippen LogP contribution in [0.2, 0.25) is 0 Å². The number of fused-ring (bicyclic) bond motifs is 1. The molecule has 0 amide bonds. The van der Waals surface area contributed by atoms with Crippen LogP contribution >= 0.6 is 0 Å². The zero-order chi connectivity index (χ0) is 22.2. The number of ketones is 2. The molecule has 2 aromatic carbocycles. The lowest BCUT2D eigenvalue weighted by molar-refractivity contribution is -0.00652. The Balaban J connectivity index is 1.36. The van der Waals surface area contributed by atoms with E-state index in [-0.39, 0.29) is 17.7 Å². The van der Waals surface area contributed by atoms with E-state index >= 15 is 0 Å². The highest BCUT2D eigenvalue weighted by Crippen LogP contribution is 2.39. The molecule has 0 radical (unpaired) electrons. The number of ether oxygens (including phenoxy) is 2. The molecule has 0 N–H and O–H groups in total. The first kappa shape index (κ1) is 20.3. The van der Waals surface area contributed by atoms with Crippen LogP contribution in [0.4, 0.5) is 0 Å². The van der Waals surface area contributed by atoms with E-state index in [1.54, 1.807) is 22.9 Å². The predicted molar refractivity (Wildman–Crippen MR) is 117 cm³/mol. The minimum atomic E-state index is -0.495. The Bertz CT molecular complexity index is 1230. The molecule has 2 atom stereocenters. The summed E-state index contributed by atoms with van der Waals surface area (Å²) in [5.74, 6) is 0.0937. The fraction of sp³-hybridized carbons (Fsp3) is 0.280. The number of hydrogen-bond acceptors (Lipinski definition) is 6. The Morgan fingerprint density at radius 3 is 2.69 bits per heavy atom. The maximum atomic E-state index is 13.3. The molecule has 5 rings (SSSR count). The number of methoxy groups -OCH3 is 1. The van der Waals surface area contributed by atoms with Gasteiger partial charge in [0.1, 0.15) is 5.75 Å². The van der Waals surface area contributed by atoms with Crippen molar-refractivity contribution in [1.29, 1.82) is 0 Å². The van der Waals surface area contributed by atoms with Crippen LogP contribution < -0.4 is 4.74 Å². The van der Waals surface area contributed by atoms with Crippen LogP contribution in [-0.2, 0) is 17.7 Å². The molecule has 7 heteroatoms. The van der Waals surface area contributed by atoms with Gasteiger partial charge in [0.05, 0.1) is 37.1 Å². The molecule has 0 unspecified atom stereocenters. The molecule has 0 saturated heterocycles. The standard InChI is InChI=1S/C25H23N3O4/c1-15-22-20(24(29)19-9-6-10-21(31-2)23(19)25(22)30)12-18(32-15)14-28-13-17(26-27-28)11-16-7-4-3-5-8-16/h3-10,13,15,18H,11-12,14H2,1-2H3/t15-,18-/m1/s1. The molecule has 2 aliphatic rings. The van der Waals surface area contributed by atoms with Gasteiger partial charge in [0.25, 0.3) is 0 Å². The van der Waals surface area contributed by atoms with E-state index < -0.39 is 6.10 Å². The Labute approximate surface area is 185 Å². The highest BCUT2D eigenvalue weighted by Gasteiger charge is 2.41. The molecule has 7 nitrogen and oxygen atoms in total. The van der Waals surface area contributed by atoms with Crippen LogP contribution in [0.1, 0.15) is 45.3 Å². The molecular weight excluding hydrogens is 406 g/mol. The molecule has 1 aromatic heterocycles. The maximum Gasteiger partial charge on any atom is 0.196 e. The number of nitrogens with zero attached hydrogens (tertiary/aromatic N) is 3. The molecule has 0 saturated carbocycles. The minimum Gasteiger partial charge on any atom is -0.496 e. The van der Waals surface area contributed by atoms with Crippen molar-refractivity contribution in [2.45, 2.75) is 38.5 Å². The quantitative estimate of drug-likeness (QED) is 0.618. The largest absolute Gasteiger partial charge is 0.496 e. The summed E-state index contributed by atoms with van der Waals surface area (Å²) in [4.78, 5) is 26.5. The smallest absolute Gasteiger partial charge is 0.196 e. The van der Waals surface area contributed by atoms with E-state index in [0.717, 1.165) is 11.3 Å². The van der Waals surface area contributed by atoms with Crippen LogP contribution in [0, 0.1) is 0 Å². The summed E-state index contributed by atoms with van der Waals surface area (Å²) in [6.07, 6.45) is 2.18. The van der Waals surface area contributed by atoms with Crippen molar-refractivity contribution in [2.75, 3.05) is 7.11 Å². The van der Waals surface area contributed by atoms with Crippen LogP contribution in [0.5, 0.6) is 5.75 Å². The number of hydrogen-bond donors (Lipinski definition) is 0. The fourth-order valence-corrected chi connectivity index (χ4v) is 4.58. The average molecular weight is 429 g/mol. The van der Waals surface area contributed by atoms with Gasteiger partial charge in [0.15, 0.2) is 11.6 Å². The van der Waals surface area contributed by atoms with E-state index in [1.165, 1.54) is 7.11 Å². The van der Waals surface area contributed by atoms with Gasteiger partial charge in [-0.1, -0.05) is 47.7 Å². The topological polar surface area (TPSA) is 83.3 Å². The molecule has 162 valence electrons. The van der Waals surface area contributed by atoms with Crippen molar-refractivity contribution in [2.24, 2.45) is 0 Å². The summed E-state index contributed by atoms with van der Waals surface area (Å²) in [5.41, 5.74) is 3.72. The summed E-state index contributed by atoms with van der Waals surface area (Å²) in [5, 5.41) is 8.49. The van der Waals surface area contributed by atoms with E-state index in [2.05, 4.69) is 22.4 Å². The number of benzene rings is 2. The van der Waals surface area contributed by atoms with Crippen molar-refractivity contribution in [3.63, 3.8) is 0 Å². The third-order valence-electron chi connectivity index (χ3n) is 6.00. The number of aromatic nitrogens is 3. The minimum absolute atomic E-state index is 0.128. The van der Waals surface area contributed by atoms with Crippen molar-refractivity contribution >= 4 is 11.6 Å². The molecule has 0 bridgehead atoms. The average Bonchev–Trinajstić information content (AvgIpc) is 3.23. The van der Waals surface area contributed by atoms with Crippen LogP contribution in [-0.4, -0.2) is 45.9 Å². The Morgan fingerprint density at radius 1 is 1.09 bits per heavy atom. The Hall–Kier alpha value is -3.58. The molecule has 1 aliphatic heterocycles. The monoisotopic (exact) mass is 429 g/mol. The molecule has 0 spiro atoms. The van der Waals surface area contributed by atoms with Gasteiger partial charge in [-0.2, -0.15) is 0 Å². The molecule has 0 fully saturated rings. The van der Waals surface area contributed by atoms with Gasteiger partial charge in [-0.3, -0.25) is 9.59 Å². The first-order chi connectivity index (χ1) is 15.5.